The minimum atomic E-state index is -0.527. The summed E-state index contributed by atoms with van der Waals surface area (Å²) in [6, 6.07) is 3.50. The summed E-state index contributed by atoms with van der Waals surface area (Å²) in [5.41, 5.74) is 1.04. The summed E-state index contributed by atoms with van der Waals surface area (Å²) in [4.78, 5) is 0. The Morgan fingerprint density at radius 3 is 2.56 bits per heavy atom. The van der Waals surface area contributed by atoms with Gasteiger partial charge in [-0.2, -0.15) is 5.10 Å². The molecule has 1 atom stereocenters. The molecule has 0 radical (unpaired) electrons. The minimum Gasteiger partial charge on any atom is -0.306 e. The Morgan fingerprint density at radius 1 is 1.33 bits per heavy atom. The van der Waals surface area contributed by atoms with Crippen molar-refractivity contribution in [1.82, 2.24) is 15.1 Å². The van der Waals surface area contributed by atoms with E-state index >= 15 is 0 Å². The molecular formula is C13H15F2N3. The van der Waals surface area contributed by atoms with Gasteiger partial charge < -0.3 is 5.32 Å². The standard InChI is InChI=1S/C13H15F2N3/c1-9(13-11(14)4-3-5-12(13)15)16-6-10-7-17-18(2)8-10/h3-5,7-9,16H,6H2,1-2H3. The van der Waals surface area contributed by atoms with Gasteiger partial charge in [0.15, 0.2) is 0 Å². The largest absolute Gasteiger partial charge is 0.306 e. The number of halogens is 2. The summed E-state index contributed by atoms with van der Waals surface area (Å²) in [6.45, 7) is 2.25. The van der Waals surface area contributed by atoms with E-state index in [0.29, 0.717) is 6.54 Å². The van der Waals surface area contributed by atoms with Crippen molar-refractivity contribution in [2.45, 2.75) is 19.5 Å². The topological polar surface area (TPSA) is 29.9 Å². The van der Waals surface area contributed by atoms with Gasteiger partial charge in [-0.1, -0.05) is 6.07 Å². The van der Waals surface area contributed by atoms with Gasteiger partial charge in [-0.25, -0.2) is 8.78 Å². The fourth-order valence-corrected chi connectivity index (χ4v) is 1.86. The van der Waals surface area contributed by atoms with E-state index in [2.05, 4.69) is 10.4 Å². The van der Waals surface area contributed by atoms with Crippen molar-refractivity contribution < 1.29 is 8.78 Å². The van der Waals surface area contributed by atoms with Crippen LogP contribution >= 0.6 is 0 Å². The fraction of sp³-hybridized carbons (Fsp3) is 0.308. The molecule has 0 spiro atoms. The highest BCUT2D eigenvalue weighted by molar-refractivity contribution is 5.23. The zero-order valence-corrected chi connectivity index (χ0v) is 10.3. The Morgan fingerprint density at radius 2 is 2.00 bits per heavy atom. The van der Waals surface area contributed by atoms with Crippen LogP contribution in [0.2, 0.25) is 0 Å². The number of hydrogen-bond donors (Lipinski definition) is 1. The Balaban J connectivity index is 2.06. The summed E-state index contributed by atoms with van der Waals surface area (Å²) in [7, 11) is 1.82. The van der Waals surface area contributed by atoms with E-state index in [9.17, 15) is 8.78 Å². The zero-order chi connectivity index (χ0) is 13.1. The second kappa shape index (κ2) is 5.27. The van der Waals surface area contributed by atoms with E-state index in [4.69, 9.17) is 0 Å². The predicted molar refractivity (Wildman–Crippen MR) is 64.8 cm³/mol. The third kappa shape index (κ3) is 2.73. The van der Waals surface area contributed by atoms with Gasteiger partial charge in [0.1, 0.15) is 11.6 Å². The predicted octanol–water partition coefficient (Wildman–Crippen LogP) is 2.55. The number of nitrogens with one attached hydrogen (secondary N) is 1. The number of aromatic nitrogens is 2. The third-order valence-corrected chi connectivity index (χ3v) is 2.80. The van der Waals surface area contributed by atoms with E-state index in [0.717, 1.165) is 5.56 Å². The van der Waals surface area contributed by atoms with Crippen molar-refractivity contribution in [2.24, 2.45) is 7.05 Å². The van der Waals surface area contributed by atoms with Gasteiger partial charge in [0.05, 0.1) is 6.20 Å². The van der Waals surface area contributed by atoms with Gasteiger partial charge in [0.25, 0.3) is 0 Å². The van der Waals surface area contributed by atoms with Crippen molar-refractivity contribution in [2.75, 3.05) is 0 Å². The van der Waals surface area contributed by atoms with Crippen LogP contribution in [0.3, 0.4) is 0 Å². The lowest BCUT2D eigenvalue weighted by molar-refractivity contribution is 0.487. The first-order valence-electron chi connectivity index (χ1n) is 5.72. The molecule has 1 heterocycles. The van der Waals surface area contributed by atoms with E-state index < -0.39 is 17.7 Å². The van der Waals surface area contributed by atoms with Gasteiger partial charge in [0.2, 0.25) is 0 Å². The molecule has 3 nitrogen and oxygen atoms in total. The maximum absolute atomic E-state index is 13.5. The molecule has 0 saturated carbocycles. The highest BCUT2D eigenvalue weighted by atomic mass is 19.1. The van der Waals surface area contributed by atoms with Gasteiger partial charge in [0, 0.05) is 37.0 Å². The first kappa shape index (κ1) is 12.7. The monoisotopic (exact) mass is 251 g/mol. The molecule has 0 aliphatic heterocycles. The summed E-state index contributed by atoms with van der Waals surface area (Å²) < 4.78 is 28.8. The lowest BCUT2D eigenvalue weighted by Crippen LogP contribution is -2.20. The van der Waals surface area contributed by atoms with Gasteiger partial charge in [-0.15, -0.1) is 0 Å². The highest BCUT2D eigenvalue weighted by Gasteiger charge is 2.15. The lowest BCUT2D eigenvalue weighted by atomic mass is 10.1. The van der Waals surface area contributed by atoms with Crippen LogP contribution < -0.4 is 5.32 Å². The van der Waals surface area contributed by atoms with Crippen molar-refractivity contribution in [3.63, 3.8) is 0 Å². The number of benzene rings is 1. The first-order chi connectivity index (χ1) is 8.58. The number of hydrogen-bond acceptors (Lipinski definition) is 2. The molecule has 0 aliphatic rings. The van der Waals surface area contributed by atoms with Gasteiger partial charge in [-0.3, -0.25) is 4.68 Å². The molecule has 1 aromatic carbocycles. The normalized spacial score (nSPS) is 12.7. The SMILES string of the molecule is CC(NCc1cnn(C)c1)c1c(F)cccc1F. The van der Waals surface area contributed by atoms with Crippen LogP contribution in [-0.2, 0) is 13.6 Å². The average molecular weight is 251 g/mol. The average Bonchev–Trinajstić information content (AvgIpc) is 2.72. The van der Waals surface area contributed by atoms with Crippen molar-refractivity contribution in [3.8, 4) is 0 Å². The smallest absolute Gasteiger partial charge is 0.130 e. The van der Waals surface area contributed by atoms with E-state index in [1.165, 1.54) is 18.2 Å². The molecule has 0 aliphatic carbocycles. The molecule has 5 heteroatoms. The molecule has 0 saturated heterocycles. The fourth-order valence-electron chi connectivity index (χ4n) is 1.86. The van der Waals surface area contributed by atoms with Gasteiger partial charge >= 0.3 is 0 Å². The molecule has 1 unspecified atom stereocenters. The molecule has 1 N–H and O–H groups in total. The van der Waals surface area contributed by atoms with Crippen molar-refractivity contribution >= 4 is 0 Å². The van der Waals surface area contributed by atoms with Crippen LogP contribution in [0.4, 0.5) is 8.78 Å². The summed E-state index contributed by atoms with van der Waals surface area (Å²) in [6.07, 6.45) is 3.58. The molecule has 18 heavy (non-hydrogen) atoms. The van der Waals surface area contributed by atoms with Crippen LogP contribution in [0, 0.1) is 11.6 Å². The van der Waals surface area contributed by atoms with Crippen molar-refractivity contribution in [3.05, 3.63) is 53.4 Å². The van der Waals surface area contributed by atoms with Crippen LogP contribution in [0.5, 0.6) is 0 Å². The quantitative estimate of drug-likeness (QED) is 0.905. The Labute approximate surface area is 104 Å². The number of rotatable bonds is 4. The molecule has 1 aromatic heterocycles. The molecular weight excluding hydrogens is 236 g/mol. The van der Waals surface area contributed by atoms with Gasteiger partial charge in [-0.05, 0) is 19.1 Å². The van der Waals surface area contributed by atoms with Crippen LogP contribution in [0.25, 0.3) is 0 Å². The van der Waals surface area contributed by atoms with E-state index in [1.807, 2.05) is 13.2 Å². The number of nitrogens with zero attached hydrogens (tertiary/aromatic N) is 2. The van der Waals surface area contributed by atoms with Crippen LogP contribution in [0.15, 0.2) is 30.6 Å². The Bertz CT molecular complexity index is 517. The van der Waals surface area contributed by atoms with E-state index in [1.54, 1.807) is 17.8 Å². The second-order valence-corrected chi connectivity index (χ2v) is 4.26. The molecule has 96 valence electrons. The molecule has 0 bridgehead atoms. The second-order valence-electron chi connectivity index (χ2n) is 4.26. The summed E-state index contributed by atoms with van der Waals surface area (Å²) >= 11 is 0. The molecule has 0 amide bonds. The van der Waals surface area contributed by atoms with Crippen LogP contribution in [-0.4, -0.2) is 9.78 Å². The molecule has 2 aromatic rings. The van der Waals surface area contributed by atoms with E-state index in [-0.39, 0.29) is 5.56 Å². The summed E-state index contributed by atoms with van der Waals surface area (Å²) in [5, 5.41) is 7.11. The highest BCUT2D eigenvalue weighted by Crippen LogP contribution is 2.20. The Hall–Kier alpha value is -1.75. The maximum atomic E-state index is 13.5. The van der Waals surface area contributed by atoms with Crippen LogP contribution in [0.1, 0.15) is 24.1 Å². The number of aryl methyl sites for hydroxylation is 1. The molecule has 2 rings (SSSR count). The lowest BCUT2D eigenvalue weighted by Gasteiger charge is -2.15. The maximum Gasteiger partial charge on any atom is 0.130 e. The zero-order valence-electron chi connectivity index (χ0n) is 10.3. The van der Waals surface area contributed by atoms with Crippen molar-refractivity contribution in [1.29, 1.82) is 0 Å². The summed E-state index contributed by atoms with van der Waals surface area (Å²) in [5.74, 6) is -1.05. The molecule has 0 fully saturated rings. The third-order valence-electron chi connectivity index (χ3n) is 2.80. The Kier molecular flexibility index (Phi) is 3.72. The minimum absolute atomic E-state index is 0.0707. The first-order valence-corrected chi connectivity index (χ1v) is 5.72.